The molecule has 20 heavy (non-hydrogen) atoms. The first kappa shape index (κ1) is 15.7. The Bertz CT molecular complexity index is 726. The molecule has 2 aromatic rings. The lowest BCUT2D eigenvalue weighted by Gasteiger charge is -2.11. The largest absolute Gasteiger partial charge is 0.399 e. The Morgan fingerprint density at radius 2 is 1.55 bits per heavy atom. The number of nitrogens with one attached hydrogen (secondary N) is 1. The maximum atomic E-state index is 12.3. The molecule has 8 heteroatoms. The molecule has 0 atom stereocenters. The van der Waals surface area contributed by atoms with E-state index in [4.69, 9.17) is 28.9 Å². The average molecular weight is 443 g/mol. The van der Waals surface area contributed by atoms with Crippen LogP contribution in [-0.2, 0) is 10.0 Å². The van der Waals surface area contributed by atoms with Crippen molar-refractivity contribution < 1.29 is 8.42 Å². The molecule has 0 radical (unpaired) electrons. The van der Waals surface area contributed by atoms with Gasteiger partial charge in [-0.2, -0.15) is 0 Å². The zero-order chi connectivity index (χ0) is 14.9. The fourth-order valence-electron chi connectivity index (χ4n) is 1.56. The molecule has 0 spiro atoms. The number of halogens is 3. The Hall–Kier alpha value is -0.700. The summed E-state index contributed by atoms with van der Waals surface area (Å²) in [5, 5.41) is -0.0407. The minimum atomic E-state index is -3.88. The van der Waals surface area contributed by atoms with E-state index < -0.39 is 10.0 Å². The zero-order valence-electron chi connectivity index (χ0n) is 9.90. The highest BCUT2D eigenvalue weighted by atomic mass is 127. The molecule has 2 rings (SSSR count). The van der Waals surface area contributed by atoms with Crippen LogP contribution in [0.4, 0.5) is 11.4 Å². The van der Waals surface area contributed by atoms with E-state index >= 15 is 0 Å². The molecule has 0 unspecified atom stereocenters. The fourth-order valence-corrected chi connectivity index (χ4v) is 4.21. The molecular weight excluding hydrogens is 434 g/mol. The molecule has 0 aromatic heterocycles. The number of nitrogens with two attached hydrogens (primary N) is 1. The van der Waals surface area contributed by atoms with E-state index in [0.717, 1.165) is 3.57 Å². The molecule has 3 N–H and O–H groups in total. The van der Waals surface area contributed by atoms with Gasteiger partial charge >= 0.3 is 0 Å². The molecule has 0 aliphatic heterocycles. The molecule has 0 amide bonds. The number of hydrogen-bond donors (Lipinski definition) is 2. The van der Waals surface area contributed by atoms with Crippen molar-refractivity contribution in [2.24, 2.45) is 0 Å². The second-order valence-corrected chi connectivity index (χ2v) is 7.61. The van der Waals surface area contributed by atoms with Crippen molar-refractivity contribution >= 4 is 67.2 Å². The molecule has 0 heterocycles. The van der Waals surface area contributed by atoms with Gasteiger partial charge < -0.3 is 5.73 Å². The second kappa shape index (κ2) is 5.97. The average Bonchev–Trinajstić information content (AvgIpc) is 2.30. The first-order valence-corrected chi connectivity index (χ1v) is 8.64. The van der Waals surface area contributed by atoms with Crippen LogP contribution < -0.4 is 10.5 Å². The lowest BCUT2D eigenvalue weighted by Crippen LogP contribution is -2.14. The van der Waals surface area contributed by atoms with Gasteiger partial charge in [-0.15, -0.1) is 0 Å². The van der Waals surface area contributed by atoms with Gasteiger partial charge in [0.2, 0.25) is 0 Å². The van der Waals surface area contributed by atoms with Gasteiger partial charge in [0.15, 0.2) is 0 Å². The summed E-state index contributed by atoms with van der Waals surface area (Å²) < 4.78 is 28.1. The van der Waals surface area contributed by atoms with Crippen LogP contribution in [0.15, 0.2) is 41.3 Å². The lowest BCUT2D eigenvalue weighted by atomic mass is 10.3. The standard InChI is InChI=1S/C12H9Cl2IN2O2S/c13-10-5-8(16)6-11(14)12(10)20(18,19)17-9-3-1-7(15)2-4-9/h1-6,17H,16H2. The number of anilines is 2. The SMILES string of the molecule is Nc1cc(Cl)c(S(=O)(=O)Nc2ccc(I)cc2)c(Cl)c1. The highest BCUT2D eigenvalue weighted by Crippen LogP contribution is 2.33. The molecule has 106 valence electrons. The van der Waals surface area contributed by atoms with Gasteiger partial charge in [0, 0.05) is 14.9 Å². The maximum Gasteiger partial charge on any atom is 0.264 e. The van der Waals surface area contributed by atoms with Crippen LogP contribution in [-0.4, -0.2) is 8.42 Å². The second-order valence-electron chi connectivity index (χ2n) is 3.93. The van der Waals surface area contributed by atoms with Gasteiger partial charge in [-0.25, -0.2) is 8.42 Å². The van der Waals surface area contributed by atoms with Crippen molar-refractivity contribution in [3.05, 3.63) is 50.0 Å². The quantitative estimate of drug-likeness (QED) is 0.557. The molecule has 0 saturated carbocycles. The Kier molecular flexibility index (Phi) is 4.68. The van der Waals surface area contributed by atoms with E-state index in [2.05, 4.69) is 27.3 Å². The monoisotopic (exact) mass is 442 g/mol. The number of benzene rings is 2. The van der Waals surface area contributed by atoms with Crippen LogP contribution in [0.1, 0.15) is 0 Å². The van der Waals surface area contributed by atoms with Gasteiger partial charge in [-0.1, -0.05) is 23.2 Å². The molecule has 4 nitrogen and oxygen atoms in total. The number of sulfonamides is 1. The van der Waals surface area contributed by atoms with Crippen LogP contribution in [0.2, 0.25) is 10.0 Å². The van der Waals surface area contributed by atoms with E-state index in [0.29, 0.717) is 11.4 Å². The maximum absolute atomic E-state index is 12.3. The summed E-state index contributed by atoms with van der Waals surface area (Å²) in [5.41, 5.74) is 6.28. The van der Waals surface area contributed by atoms with E-state index in [9.17, 15) is 8.42 Å². The van der Waals surface area contributed by atoms with Crippen molar-refractivity contribution in [1.29, 1.82) is 0 Å². The van der Waals surface area contributed by atoms with Crippen LogP contribution in [0.3, 0.4) is 0 Å². The Labute approximate surface area is 140 Å². The molecule has 0 saturated heterocycles. The summed E-state index contributed by atoms with van der Waals surface area (Å²) in [5.74, 6) is 0. The zero-order valence-corrected chi connectivity index (χ0v) is 14.4. The third-order valence-corrected chi connectivity index (χ3v) is 5.41. The molecule has 0 bridgehead atoms. The van der Waals surface area contributed by atoms with Crippen LogP contribution in [0, 0.1) is 3.57 Å². The fraction of sp³-hybridized carbons (Fsp3) is 0. The normalized spacial score (nSPS) is 11.3. The number of nitrogen functional groups attached to an aromatic ring is 1. The smallest absolute Gasteiger partial charge is 0.264 e. The molecule has 0 aliphatic rings. The number of hydrogen-bond acceptors (Lipinski definition) is 3. The van der Waals surface area contributed by atoms with Crippen molar-refractivity contribution in [3.8, 4) is 0 Å². The predicted molar refractivity (Wildman–Crippen MR) is 90.8 cm³/mol. The summed E-state index contributed by atoms with van der Waals surface area (Å²) in [6.45, 7) is 0. The minimum absolute atomic E-state index is 0.0204. The lowest BCUT2D eigenvalue weighted by molar-refractivity contribution is 0.601. The summed E-state index contributed by atoms with van der Waals surface area (Å²) in [4.78, 5) is -0.186. The molecular formula is C12H9Cl2IN2O2S. The summed E-state index contributed by atoms with van der Waals surface area (Å²) in [7, 11) is -3.88. The molecule has 0 fully saturated rings. The summed E-state index contributed by atoms with van der Waals surface area (Å²) in [6, 6.07) is 9.55. The van der Waals surface area contributed by atoms with Gasteiger partial charge in [0.25, 0.3) is 10.0 Å². The highest BCUT2D eigenvalue weighted by molar-refractivity contribution is 14.1. The van der Waals surface area contributed by atoms with Gasteiger partial charge in [-0.3, -0.25) is 4.72 Å². The van der Waals surface area contributed by atoms with Crippen LogP contribution in [0.5, 0.6) is 0 Å². The van der Waals surface area contributed by atoms with E-state index in [1.165, 1.54) is 12.1 Å². The predicted octanol–water partition coefficient (Wildman–Crippen LogP) is 3.98. The van der Waals surface area contributed by atoms with Gasteiger partial charge in [-0.05, 0) is 59.0 Å². The van der Waals surface area contributed by atoms with Crippen LogP contribution >= 0.6 is 45.8 Å². The van der Waals surface area contributed by atoms with E-state index in [1.807, 2.05) is 0 Å². The third-order valence-electron chi connectivity index (χ3n) is 2.39. The minimum Gasteiger partial charge on any atom is -0.399 e. The number of rotatable bonds is 3. The first-order chi connectivity index (χ1) is 9.29. The summed E-state index contributed by atoms with van der Waals surface area (Å²) in [6.07, 6.45) is 0. The third kappa shape index (κ3) is 3.49. The van der Waals surface area contributed by atoms with E-state index in [-0.39, 0.29) is 14.9 Å². The summed E-state index contributed by atoms with van der Waals surface area (Å²) >= 11 is 14.0. The molecule has 0 aliphatic carbocycles. The van der Waals surface area contributed by atoms with Crippen molar-refractivity contribution in [2.75, 3.05) is 10.5 Å². The van der Waals surface area contributed by atoms with Crippen molar-refractivity contribution in [3.63, 3.8) is 0 Å². The Morgan fingerprint density at radius 3 is 2.05 bits per heavy atom. The molecule has 2 aromatic carbocycles. The Morgan fingerprint density at radius 1 is 1.05 bits per heavy atom. The Balaban J connectivity index is 2.43. The highest BCUT2D eigenvalue weighted by Gasteiger charge is 2.22. The van der Waals surface area contributed by atoms with Gasteiger partial charge in [0.1, 0.15) is 4.90 Å². The van der Waals surface area contributed by atoms with E-state index in [1.54, 1.807) is 24.3 Å². The van der Waals surface area contributed by atoms with Crippen LogP contribution in [0.25, 0.3) is 0 Å². The topological polar surface area (TPSA) is 72.2 Å². The van der Waals surface area contributed by atoms with Crippen molar-refractivity contribution in [2.45, 2.75) is 4.90 Å². The van der Waals surface area contributed by atoms with Crippen molar-refractivity contribution in [1.82, 2.24) is 0 Å². The first-order valence-electron chi connectivity index (χ1n) is 5.32. The van der Waals surface area contributed by atoms with Gasteiger partial charge in [0.05, 0.1) is 10.0 Å².